The van der Waals surface area contributed by atoms with E-state index < -0.39 is 0 Å². The molecule has 1 aromatic rings. The first-order chi connectivity index (χ1) is 14.7. The summed E-state index contributed by atoms with van der Waals surface area (Å²) < 4.78 is 6.16. The molecule has 0 saturated carbocycles. The lowest BCUT2D eigenvalue weighted by atomic mass is 9.63. The fraction of sp³-hybridized carbons (Fsp3) is 0.667. The monoisotopic (exact) mass is 426 g/mol. The maximum absolute atomic E-state index is 8.98. The lowest BCUT2D eigenvalue weighted by Gasteiger charge is -2.42. The number of fused-ring (bicyclic) bond motifs is 1. The highest BCUT2D eigenvalue weighted by molar-refractivity contribution is 5.92. The van der Waals surface area contributed by atoms with Crippen molar-refractivity contribution in [3.8, 4) is 0 Å². The van der Waals surface area contributed by atoms with E-state index >= 15 is 0 Å². The molecular weight excluding hydrogens is 384 g/mol. The Balaban J connectivity index is 1.66. The molecule has 1 aliphatic carbocycles. The summed E-state index contributed by atoms with van der Waals surface area (Å²) >= 11 is 0. The van der Waals surface area contributed by atoms with Crippen molar-refractivity contribution in [1.82, 2.24) is 4.90 Å². The minimum atomic E-state index is 0.132. The van der Waals surface area contributed by atoms with Crippen LogP contribution in [0.4, 0.5) is 0 Å². The Hall–Kier alpha value is -1.65. The van der Waals surface area contributed by atoms with Crippen LogP contribution in [0.25, 0.3) is 0 Å². The zero-order chi connectivity index (χ0) is 22.6. The van der Waals surface area contributed by atoms with Gasteiger partial charge in [-0.2, -0.15) is 0 Å². The summed E-state index contributed by atoms with van der Waals surface area (Å²) in [6.45, 7) is 14.8. The molecule has 0 amide bonds. The molecule has 0 aromatic heterocycles. The van der Waals surface area contributed by atoms with Crippen molar-refractivity contribution < 1.29 is 9.84 Å². The molecule has 0 radical (unpaired) electrons. The zero-order valence-corrected chi connectivity index (χ0v) is 20.3. The standard InChI is InChI=1S/C27H42N2O2/c1-6-24(20-11-16-29(17-12-20)15-7-8-18-30)31-25(28)21-9-10-22-23(19-21)27(4,5)14-13-26(22,2)3/h6,9-10,19-20,28,30H,7-8,11-18H2,1-5H3/b24-6-,28-25?. The summed E-state index contributed by atoms with van der Waals surface area (Å²) in [5.74, 6) is 1.59. The number of ether oxygens (including phenoxy) is 1. The van der Waals surface area contributed by atoms with Crippen LogP contribution in [0.15, 0.2) is 30.0 Å². The Morgan fingerprint density at radius 2 is 1.74 bits per heavy atom. The molecule has 1 heterocycles. The Kier molecular flexibility index (Phi) is 7.64. The first-order valence-corrected chi connectivity index (χ1v) is 12.1. The molecule has 0 spiro atoms. The largest absolute Gasteiger partial charge is 0.443 e. The fourth-order valence-corrected chi connectivity index (χ4v) is 5.17. The average molecular weight is 427 g/mol. The number of likely N-dealkylation sites (tertiary alicyclic amines) is 1. The second-order valence-corrected chi connectivity index (χ2v) is 10.7. The van der Waals surface area contributed by atoms with E-state index in [2.05, 4.69) is 50.8 Å². The van der Waals surface area contributed by atoms with Crippen molar-refractivity contribution in [2.24, 2.45) is 5.92 Å². The van der Waals surface area contributed by atoms with E-state index in [1.807, 2.05) is 13.0 Å². The molecule has 1 aromatic carbocycles. The Labute approximate surface area is 189 Å². The number of hydrogen-bond donors (Lipinski definition) is 2. The number of hydrogen-bond acceptors (Lipinski definition) is 4. The Bertz CT molecular complexity index is 801. The number of unbranched alkanes of at least 4 members (excludes halogenated alkanes) is 1. The smallest absolute Gasteiger partial charge is 0.218 e. The Morgan fingerprint density at radius 1 is 1.10 bits per heavy atom. The van der Waals surface area contributed by atoms with Gasteiger partial charge in [-0.3, -0.25) is 5.41 Å². The molecule has 1 saturated heterocycles. The van der Waals surface area contributed by atoms with E-state index in [9.17, 15) is 0 Å². The van der Waals surface area contributed by atoms with Gasteiger partial charge in [0.05, 0.1) is 0 Å². The SMILES string of the molecule is C/C=C(\OC(=N)c1ccc2c(c1)C(C)(C)CCC2(C)C)C1CCN(CCCCO)CC1. The van der Waals surface area contributed by atoms with Crippen LogP contribution in [0.3, 0.4) is 0 Å². The van der Waals surface area contributed by atoms with E-state index in [1.165, 1.54) is 24.0 Å². The minimum Gasteiger partial charge on any atom is -0.443 e. The van der Waals surface area contributed by atoms with Gasteiger partial charge in [-0.25, -0.2) is 0 Å². The molecule has 2 aliphatic rings. The number of nitrogens with one attached hydrogen (secondary N) is 1. The average Bonchev–Trinajstić information content (AvgIpc) is 2.76. The van der Waals surface area contributed by atoms with E-state index in [0.717, 1.165) is 56.6 Å². The molecule has 4 heteroatoms. The van der Waals surface area contributed by atoms with Crippen LogP contribution < -0.4 is 0 Å². The lowest BCUT2D eigenvalue weighted by molar-refractivity contribution is 0.167. The summed E-state index contributed by atoms with van der Waals surface area (Å²) in [4.78, 5) is 2.48. The van der Waals surface area contributed by atoms with Gasteiger partial charge < -0.3 is 14.7 Å². The molecule has 2 N–H and O–H groups in total. The predicted octanol–water partition coefficient (Wildman–Crippen LogP) is 5.77. The van der Waals surface area contributed by atoms with Gasteiger partial charge in [0, 0.05) is 18.1 Å². The highest BCUT2D eigenvalue weighted by Crippen LogP contribution is 2.46. The first-order valence-electron chi connectivity index (χ1n) is 12.1. The molecular formula is C27H42N2O2. The molecule has 0 bridgehead atoms. The van der Waals surface area contributed by atoms with Crippen LogP contribution in [0.5, 0.6) is 0 Å². The first kappa shape index (κ1) is 24.0. The number of rotatable bonds is 7. The number of nitrogens with zero attached hydrogens (tertiary/aromatic N) is 1. The van der Waals surface area contributed by atoms with Gasteiger partial charge in [0.15, 0.2) is 0 Å². The van der Waals surface area contributed by atoms with E-state index in [0.29, 0.717) is 5.92 Å². The fourth-order valence-electron chi connectivity index (χ4n) is 5.17. The van der Waals surface area contributed by atoms with Crippen LogP contribution in [0, 0.1) is 11.3 Å². The summed E-state index contributed by atoms with van der Waals surface area (Å²) in [5.41, 5.74) is 3.98. The van der Waals surface area contributed by atoms with Crippen molar-refractivity contribution in [1.29, 1.82) is 5.41 Å². The minimum absolute atomic E-state index is 0.132. The van der Waals surface area contributed by atoms with Gasteiger partial charge in [0.1, 0.15) is 5.76 Å². The van der Waals surface area contributed by atoms with Crippen molar-refractivity contribution in [3.05, 3.63) is 46.7 Å². The summed E-state index contributed by atoms with van der Waals surface area (Å²) in [7, 11) is 0. The molecule has 0 unspecified atom stereocenters. The normalized spacial score (nSPS) is 21.5. The third kappa shape index (κ3) is 5.59. The molecule has 1 aliphatic heterocycles. The highest BCUT2D eigenvalue weighted by Gasteiger charge is 2.37. The number of piperidine rings is 1. The predicted molar refractivity (Wildman–Crippen MR) is 129 cm³/mol. The van der Waals surface area contributed by atoms with Crippen LogP contribution in [-0.4, -0.2) is 42.1 Å². The van der Waals surface area contributed by atoms with Gasteiger partial charge in [-0.15, -0.1) is 0 Å². The van der Waals surface area contributed by atoms with Gasteiger partial charge in [0.25, 0.3) is 0 Å². The van der Waals surface area contributed by atoms with Crippen LogP contribution in [0.1, 0.15) is 89.8 Å². The van der Waals surface area contributed by atoms with Crippen molar-refractivity contribution in [3.63, 3.8) is 0 Å². The zero-order valence-electron chi connectivity index (χ0n) is 20.3. The van der Waals surface area contributed by atoms with Gasteiger partial charge in [-0.05, 0) is 105 Å². The summed E-state index contributed by atoms with van der Waals surface area (Å²) in [5, 5.41) is 17.7. The summed E-state index contributed by atoms with van der Waals surface area (Å²) in [6.07, 6.45) is 8.49. The van der Waals surface area contributed by atoms with E-state index in [4.69, 9.17) is 15.3 Å². The van der Waals surface area contributed by atoms with Crippen LogP contribution >= 0.6 is 0 Å². The molecule has 1 fully saturated rings. The van der Waals surface area contributed by atoms with Crippen LogP contribution in [-0.2, 0) is 15.6 Å². The summed E-state index contributed by atoms with van der Waals surface area (Å²) in [6, 6.07) is 6.50. The van der Waals surface area contributed by atoms with Gasteiger partial charge in [0.2, 0.25) is 5.90 Å². The van der Waals surface area contributed by atoms with Crippen molar-refractivity contribution in [2.75, 3.05) is 26.2 Å². The molecule has 31 heavy (non-hydrogen) atoms. The maximum Gasteiger partial charge on any atom is 0.218 e. The number of allylic oxidation sites excluding steroid dienone is 2. The third-order valence-electron chi connectivity index (χ3n) is 7.49. The lowest BCUT2D eigenvalue weighted by Crippen LogP contribution is -2.35. The number of aliphatic hydroxyl groups is 1. The number of aliphatic hydroxyl groups excluding tert-OH is 1. The Morgan fingerprint density at radius 3 is 2.35 bits per heavy atom. The van der Waals surface area contributed by atoms with Crippen molar-refractivity contribution >= 4 is 5.90 Å². The molecule has 4 nitrogen and oxygen atoms in total. The number of benzene rings is 1. The van der Waals surface area contributed by atoms with Gasteiger partial charge >= 0.3 is 0 Å². The maximum atomic E-state index is 8.98. The third-order valence-corrected chi connectivity index (χ3v) is 7.49. The van der Waals surface area contributed by atoms with Crippen LogP contribution in [0.2, 0.25) is 0 Å². The molecule has 3 rings (SSSR count). The van der Waals surface area contributed by atoms with Gasteiger partial charge in [-0.1, -0.05) is 33.8 Å². The topological polar surface area (TPSA) is 56.5 Å². The molecule has 172 valence electrons. The highest BCUT2D eigenvalue weighted by atomic mass is 16.5. The second kappa shape index (κ2) is 9.87. The second-order valence-electron chi connectivity index (χ2n) is 10.7. The molecule has 0 atom stereocenters. The van der Waals surface area contributed by atoms with Crippen molar-refractivity contribution in [2.45, 2.75) is 84.0 Å². The van der Waals surface area contributed by atoms with E-state index in [-0.39, 0.29) is 23.3 Å². The quantitative estimate of drug-likeness (QED) is 0.252. The van der Waals surface area contributed by atoms with E-state index in [1.54, 1.807) is 0 Å².